The molecule has 1 aromatic carbocycles. The fourth-order valence-corrected chi connectivity index (χ4v) is 2.32. The van der Waals surface area contributed by atoms with Crippen LogP contribution in [-0.4, -0.2) is 21.1 Å². The Kier molecular flexibility index (Phi) is 4.20. The molecule has 2 aromatic heterocycles. The van der Waals surface area contributed by atoms with Crippen LogP contribution in [0.5, 0.6) is 5.88 Å². The van der Waals surface area contributed by atoms with Crippen LogP contribution in [0.4, 0.5) is 19.1 Å². The summed E-state index contributed by atoms with van der Waals surface area (Å²) in [6.07, 6.45) is -2.98. The third kappa shape index (κ3) is 3.62. The summed E-state index contributed by atoms with van der Waals surface area (Å²) in [5, 5.41) is 0.542. The molecule has 0 aliphatic carbocycles. The summed E-state index contributed by atoms with van der Waals surface area (Å²) in [5.74, 6) is 0.330. The summed E-state index contributed by atoms with van der Waals surface area (Å²) >= 11 is 0. The largest absolute Gasteiger partial charge is 0.474 e. The van der Waals surface area contributed by atoms with E-state index in [0.29, 0.717) is 28.0 Å². The molecule has 130 valence electrons. The van der Waals surface area contributed by atoms with Gasteiger partial charge in [-0.1, -0.05) is 12.1 Å². The Balaban J connectivity index is 2.07. The minimum absolute atomic E-state index is 0.0398. The fraction of sp³-hybridized carbons (Fsp3) is 0.235. The van der Waals surface area contributed by atoms with E-state index in [4.69, 9.17) is 10.5 Å². The smallest absolute Gasteiger partial charge is 0.416 e. The fourth-order valence-electron chi connectivity index (χ4n) is 2.32. The van der Waals surface area contributed by atoms with E-state index in [1.807, 2.05) is 13.8 Å². The van der Waals surface area contributed by atoms with Crippen molar-refractivity contribution < 1.29 is 17.9 Å². The quantitative estimate of drug-likeness (QED) is 0.772. The van der Waals surface area contributed by atoms with Gasteiger partial charge in [0.05, 0.1) is 17.1 Å². The van der Waals surface area contributed by atoms with Crippen molar-refractivity contribution in [2.24, 2.45) is 0 Å². The molecule has 8 heteroatoms. The zero-order chi connectivity index (χ0) is 18.2. The number of halogens is 3. The first-order chi connectivity index (χ1) is 11.7. The van der Waals surface area contributed by atoms with Crippen LogP contribution < -0.4 is 10.5 Å². The minimum atomic E-state index is -4.37. The van der Waals surface area contributed by atoms with E-state index in [0.717, 1.165) is 12.1 Å². The maximum Gasteiger partial charge on any atom is 0.416 e. The number of alkyl halides is 3. The molecule has 3 aromatic rings. The molecule has 0 amide bonds. The summed E-state index contributed by atoms with van der Waals surface area (Å²) in [7, 11) is 0. The lowest BCUT2D eigenvalue weighted by Crippen LogP contribution is -2.09. The SMILES string of the molecule is CC(C)Oc1nc(N)nc2ncc(-c3ccc(C(F)(F)F)cc3)cc12. The molecule has 0 saturated carbocycles. The van der Waals surface area contributed by atoms with E-state index in [2.05, 4.69) is 15.0 Å². The maximum absolute atomic E-state index is 12.7. The third-order valence-corrected chi connectivity index (χ3v) is 3.43. The zero-order valence-corrected chi connectivity index (χ0v) is 13.5. The lowest BCUT2D eigenvalue weighted by molar-refractivity contribution is -0.137. The van der Waals surface area contributed by atoms with Crippen molar-refractivity contribution in [1.29, 1.82) is 0 Å². The first-order valence-corrected chi connectivity index (χ1v) is 7.51. The highest BCUT2D eigenvalue weighted by Crippen LogP contribution is 2.32. The average Bonchev–Trinajstić information content (AvgIpc) is 2.53. The Morgan fingerprint density at radius 3 is 2.32 bits per heavy atom. The normalized spacial score (nSPS) is 11.9. The van der Waals surface area contributed by atoms with Crippen molar-refractivity contribution in [1.82, 2.24) is 15.0 Å². The molecule has 0 unspecified atom stereocenters. The van der Waals surface area contributed by atoms with Gasteiger partial charge >= 0.3 is 6.18 Å². The van der Waals surface area contributed by atoms with Crippen molar-refractivity contribution >= 4 is 17.0 Å². The molecule has 0 radical (unpaired) electrons. The number of nitrogen functional groups attached to an aromatic ring is 1. The second-order valence-electron chi connectivity index (χ2n) is 5.72. The summed E-state index contributed by atoms with van der Waals surface area (Å²) in [6.45, 7) is 3.69. The van der Waals surface area contributed by atoms with E-state index in [1.165, 1.54) is 18.3 Å². The molecular weight excluding hydrogens is 333 g/mol. The van der Waals surface area contributed by atoms with Gasteiger partial charge in [-0.3, -0.25) is 0 Å². The van der Waals surface area contributed by atoms with Crippen molar-refractivity contribution in [3.05, 3.63) is 42.1 Å². The van der Waals surface area contributed by atoms with Gasteiger partial charge in [0.25, 0.3) is 0 Å². The second-order valence-corrected chi connectivity index (χ2v) is 5.72. The first kappa shape index (κ1) is 16.9. The minimum Gasteiger partial charge on any atom is -0.474 e. The molecule has 0 aliphatic rings. The van der Waals surface area contributed by atoms with Crippen LogP contribution in [-0.2, 0) is 6.18 Å². The number of nitrogens with zero attached hydrogens (tertiary/aromatic N) is 3. The molecule has 2 N–H and O–H groups in total. The number of aromatic nitrogens is 3. The standard InChI is InChI=1S/C17H15F3N4O/c1-9(2)25-15-13-7-11(8-22-14(13)23-16(21)24-15)10-3-5-12(6-4-10)17(18,19)20/h3-9H,1-2H3,(H2,21,22,23,24). The lowest BCUT2D eigenvalue weighted by Gasteiger charge is -2.12. The van der Waals surface area contributed by atoms with Crippen molar-refractivity contribution in [3.8, 4) is 17.0 Å². The van der Waals surface area contributed by atoms with Crippen LogP contribution in [0.2, 0.25) is 0 Å². The predicted octanol–water partition coefficient (Wildman–Crippen LogP) is 4.08. The molecule has 3 rings (SSSR count). The predicted molar refractivity (Wildman–Crippen MR) is 87.9 cm³/mol. The molecule has 25 heavy (non-hydrogen) atoms. The number of anilines is 1. The highest BCUT2D eigenvalue weighted by atomic mass is 19.4. The van der Waals surface area contributed by atoms with Crippen LogP contribution in [0.25, 0.3) is 22.2 Å². The Morgan fingerprint density at radius 1 is 1.04 bits per heavy atom. The molecule has 2 heterocycles. The Hall–Kier alpha value is -2.90. The Labute approximate surface area is 141 Å². The third-order valence-electron chi connectivity index (χ3n) is 3.43. The van der Waals surface area contributed by atoms with Crippen LogP contribution in [0.3, 0.4) is 0 Å². The van der Waals surface area contributed by atoms with Gasteiger partial charge in [0.1, 0.15) is 0 Å². The highest BCUT2D eigenvalue weighted by molar-refractivity contribution is 5.85. The summed E-state index contributed by atoms with van der Waals surface area (Å²) < 4.78 is 43.7. The van der Waals surface area contributed by atoms with E-state index < -0.39 is 11.7 Å². The van der Waals surface area contributed by atoms with E-state index in [1.54, 1.807) is 6.07 Å². The number of fused-ring (bicyclic) bond motifs is 1. The number of nitrogens with two attached hydrogens (primary N) is 1. The Bertz CT molecular complexity index is 908. The summed E-state index contributed by atoms with van der Waals surface area (Å²) in [4.78, 5) is 12.4. The van der Waals surface area contributed by atoms with Crippen LogP contribution in [0, 0.1) is 0 Å². The second kappa shape index (κ2) is 6.19. The molecule has 0 aliphatic heterocycles. The van der Waals surface area contributed by atoms with Crippen LogP contribution in [0.15, 0.2) is 36.5 Å². The van der Waals surface area contributed by atoms with Gasteiger partial charge in [0, 0.05) is 11.8 Å². The van der Waals surface area contributed by atoms with Gasteiger partial charge in [0.2, 0.25) is 11.8 Å². The topological polar surface area (TPSA) is 73.9 Å². The van der Waals surface area contributed by atoms with Crippen molar-refractivity contribution in [3.63, 3.8) is 0 Å². The number of pyridine rings is 1. The van der Waals surface area contributed by atoms with Crippen LogP contribution >= 0.6 is 0 Å². The van der Waals surface area contributed by atoms with Gasteiger partial charge in [0.15, 0.2) is 5.65 Å². The molecular formula is C17H15F3N4O. The Morgan fingerprint density at radius 2 is 1.72 bits per heavy atom. The zero-order valence-electron chi connectivity index (χ0n) is 13.5. The maximum atomic E-state index is 12.7. The summed E-state index contributed by atoms with van der Waals surface area (Å²) in [5.41, 5.74) is 6.53. The van der Waals surface area contributed by atoms with Crippen molar-refractivity contribution in [2.75, 3.05) is 5.73 Å². The number of rotatable bonds is 3. The highest BCUT2D eigenvalue weighted by Gasteiger charge is 2.30. The molecule has 0 spiro atoms. The van der Waals surface area contributed by atoms with E-state index >= 15 is 0 Å². The average molecular weight is 348 g/mol. The number of benzene rings is 1. The molecule has 0 bridgehead atoms. The monoisotopic (exact) mass is 348 g/mol. The number of hydrogen-bond donors (Lipinski definition) is 1. The first-order valence-electron chi connectivity index (χ1n) is 7.51. The van der Waals surface area contributed by atoms with Gasteiger partial charge < -0.3 is 10.5 Å². The van der Waals surface area contributed by atoms with Gasteiger partial charge in [-0.2, -0.15) is 23.1 Å². The molecule has 0 fully saturated rings. The van der Waals surface area contributed by atoms with Gasteiger partial charge in [-0.05, 0) is 37.6 Å². The van der Waals surface area contributed by atoms with E-state index in [-0.39, 0.29) is 12.1 Å². The van der Waals surface area contributed by atoms with Gasteiger partial charge in [-0.15, -0.1) is 0 Å². The van der Waals surface area contributed by atoms with Crippen molar-refractivity contribution in [2.45, 2.75) is 26.1 Å². The van der Waals surface area contributed by atoms with Crippen LogP contribution in [0.1, 0.15) is 19.4 Å². The number of ether oxygens (including phenoxy) is 1. The number of hydrogen-bond acceptors (Lipinski definition) is 5. The lowest BCUT2D eigenvalue weighted by atomic mass is 10.0. The molecule has 5 nitrogen and oxygen atoms in total. The summed E-state index contributed by atoms with van der Waals surface area (Å²) in [6, 6.07) is 6.58. The molecule has 0 saturated heterocycles. The molecule has 0 atom stereocenters. The van der Waals surface area contributed by atoms with E-state index in [9.17, 15) is 13.2 Å². The van der Waals surface area contributed by atoms with Gasteiger partial charge in [-0.25, -0.2) is 4.98 Å².